The normalized spacial score (nSPS) is 28.3. The second-order valence-corrected chi connectivity index (χ2v) is 5.95. The lowest BCUT2D eigenvalue weighted by Gasteiger charge is -2.16. The fraction of sp³-hybridized carbons (Fsp3) is 0.500. The van der Waals surface area contributed by atoms with Crippen LogP contribution in [0, 0.1) is 0 Å². The third-order valence-corrected chi connectivity index (χ3v) is 3.63. The highest BCUT2D eigenvalue weighted by molar-refractivity contribution is 7.46. The molecule has 2 aromatic rings. The monoisotopic (exact) mass is 348 g/mol. The molecule has 3 rings (SSSR count). The van der Waals surface area contributed by atoms with E-state index in [1.807, 2.05) is 0 Å². The van der Waals surface area contributed by atoms with Crippen LogP contribution in [0.25, 0.3) is 11.2 Å². The maximum atomic E-state index is 10.7. The molecular weight excluding hydrogens is 335 g/mol. The van der Waals surface area contributed by atoms with E-state index in [0.717, 1.165) is 0 Å². The summed E-state index contributed by atoms with van der Waals surface area (Å²) in [7, 11) is -4.72. The molecule has 2 aromatic heterocycles. The van der Waals surface area contributed by atoms with Gasteiger partial charge in [-0.25, -0.2) is 14.5 Å². The van der Waals surface area contributed by atoms with Crippen LogP contribution in [0.4, 0.5) is 0 Å². The quantitative estimate of drug-likeness (QED) is 0.388. The van der Waals surface area contributed by atoms with E-state index in [4.69, 9.17) is 19.3 Å². The van der Waals surface area contributed by atoms with Crippen LogP contribution in [0.3, 0.4) is 0 Å². The summed E-state index contributed by atoms with van der Waals surface area (Å²) in [6.07, 6.45) is -2.83. The molecule has 0 aliphatic carbocycles. The Morgan fingerprint density at radius 1 is 1.26 bits per heavy atom. The van der Waals surface area contributed by atoms with Crippen molar-refractivity contribution in [2.24, 2.45) is 0 Å². The Kier molecular flexibility index (Phi) is 4.29. The number of fused-ring (bicyclic) bond motifs is 1. The first-order chi connectivity index (χ1) is 10.8. The largest absolute Gasteiger partial charge is 0.469 e. The van der Waals surface area contributed by atoms with Gasteiger partial charge in [-0.05, 0) is 0 Å². The Bertz CT molecular complexity index is 734. The fourth-order valence-electron chi connectivity index (χ4n) is 2.06. The van der Waals surface area contributed by atoms with Gasteiger partial charge in [0.2, 0.25) is 12.2 Å². The molecule has 3 heterocycles. The Morgan fingerprint density at radius 3 is 2.78 bits per heavy atom. The van der Waals surface area contributed by atoms with E-state index in [-0.39, 0.29) is 5.88 Å². The number of H-pyrrole nitrogens is 1. The predicted octanol–water partition coefficient (Wildman–Crippen LogP) is -1.71. The minimum atomic E-state index is -4.72. The van der Waals surface area contributed by atoms with Gasteiger partial charge >= 0.3 is 7.82 Å². The van der Waals surface area contributed by atoms with Crippen molar-refractivity contribution < 1.29 is 38.6 Å². The van der Waals surface area contributed by atoms with E-state index in [0.29, 0.717) is 11.2 Å². The number of nitrogens with zero attached hydrogens (tertiary/aromatic N) is 3. The van der Waals surface area contributed by atoms with Crippen LogP contribution in [0.15, 0.2) is 12.7 Å². The lowest BCUT2D eigenvalue weighted by atomic mass is 10.1. The van der Waals surface area contributed by atoms with Crippen molar-refractivity contribution in [3.8, 4) is 5.88 Å². The molecule has 0 aromatic carbocycles. The van der Waals surface area contributed by atoms with Crippen LogP contribution in [0.5, 0.6) is 5.88 Å². The van der Waals surface area contributed by atoms with Gasteiger partial charge in [0.15, 0.2) is 5.65 Å². The van der Waals surface area contributed by atoms with Crippen LogP contribution in [-0.4, -0.2) is 71.1 Å². The highest BCUT2D eigenvalue weighted by atomic mass is 31.2. The minimum Gasteiger partial charge on any atom is -0.443 e. The van der Waals surface area contributed by atoms with Crippen molar-refractivity contribution in [2.75, 3.05) is 6.61 Å². The maximum Gasteiger partial charge on any atom is 0.469 e. The van der Waals surface area contributed by atoms with Crippen LogP contribution < -0.4 is 4.74 Å². The molecule has 5 N–H and O–H groups in total. The summed E-state index contributed by atoms with van der Waals surface area (Å²) < 4.78 is 25.6. The van der Waals surface area contributed by atoms with Crippen molar-refractivity contribution in [1.29, 1.82) is 0 Å². The smallest absolute Gasteiger partial charge is 0.443 e. The standard InChI is InChI=1S/C10H13N4O8P/c15-6-4(1-20-23(17,18)19)21-10(7(6)16)22-9-5-8(12-2-11-5)13-3-14-9/h2-4,6-7,10,15-16H,1H2,(H2,17,18,19)(H,11,12,13,14)/t4-,6-,7-,10?/m1/s1. The lowest BCUT2D eigenvalue weighted by molar-refractivity contribution is -0.117. The number of aromatic nitrogens is 4. The second-order valence-electron chi connectivity index (χ2n) is 4.71. The van der Waals surface area contributed by atoms with Gasteiger partial charge in [-0.1, -0.05) is 0 Å². The van der Waals surface area contributed by atoms with Crippen LogP contribution in [0.2, 0.25) is 0 Å². The van der Waals surface area contributed by atoms with E-state index in [1.165, 1.54) is 12.7 Å². The molecule has 126 valence electrons. The number of phosphoric ester groups is 1. The van der Waals surface area contributed by atoms with Crippen molar-refractivity contribution in [3.63, 3.8) is 0 Å². The van der Waals surface area contributed by atoms with Crippen molar-refractivity contribution in [2.45, 2.75) is 24.6 Å². The highest BCUT2D eigenvalue weighted by Crippen LogP contribution is 2.37. The number of hydrogen-bond acceptors (Lipinski definition) is 9. The SMILES string of the molecule is O=P(O)(O)OC[C@H]1OC(Oc2ncnc3nc[nH]c23)[C@H](O)[C@@H]1O. The van der Waals surface area contributed by atoms with Gasteiger partial charge in [-0.15, -0.1) is 0 Å². The van der Waals surface area contributed by atoms with Crippen molar-refractivity contribution >= 4 is 19.0 Å². The molecule has 0 spiro atoms. The first kappa shape index (κ1) is 16.2. The third kappa shape index (κ3) is 3.48. The van der Waals surface area contributed by atoms with Crippen LogP contribution >= 0.6 is 7.82 Å². The number of imidazole rings is 1. The number of aromatic amines is 1. The van der Waals surface area contributed by atoms with E-state index < -0.39 is 39.0 Å². The zero-order chi connectivity index (χ0) is 16.6. The maximum absolute atomic E-state index is 10.7. The molecule has 23 heavy (non-hydrogen) atoms. The first-order valence-corrected chi connectivity index (χ1v) is 7.90. The van der Waals surface area contributed by atoms with Crippen LogP contribution in [-0.2, 0) is 13.8 Å². The molecule has 1 unspecified atom stereocenters. The van der Waals surface area contributed by atoms with Gasteiger partial charge in [-0.3, -0.25) is 4.52 Å². The molecule has 13 heteroatoms. The van der Waals surface area contributed by atoms with Gasteiger partial charge < -0.3 is 34.5 Å². The Balaban J connectivity index is 1.71. The topological polar surface area (TPSA) is 180 Å². The molecule has 0 saturated carbocycles. The van der Waals surface area contributed by atoms with Crippen molar-refractivity contribution in [3.05, 3.63) is 12.7 Å². The number of nitrogens with one attached hydrogen (secondary N) is 1. The molecule has 1 fully saturated rings. The molecule has 4 atom stereocenters. The number of ether oxygens (including phenoxy) is 2. The van der Waals surface area contributed by atoms with Gasteiger partial charge in [-0.2, -0.15) is 4.98 Å². The Morgan fingerprint density at radius 2 is 2.04 bits per heavy atom. The molecule has 0 amide bonds. The second kappa shape index (κ2) is 6.09. The summed E-state index contributed by atoms with van der Waals surface area (Å²) in [5.74, 6) is 0.0420. The molecule has 0 bridgehead atoms. The summed E-state index contributed by atoms with van der Waals surface area (Å²) in [4.78, 5) is 31.7. The predicted molar refractivity (Wildman–Crippen MR) is 71.0 cm³/mol. The zero-order valence-electron chi connectivity index (χ0n) is 11.4. The number of aliphatic hydroxyl groups excluding tert-OH is 2. The van der Waals surface area contributed by atoms with Gasteiger partial charge in [0.25, 0.3) is 0 Å². The van der Waals surface area contributed by atoms with E-state index >= 15 is 0 Å². The average molecular weight is 348 g/mol. The summed E-state index contributed by atoms with van der Waals surface area (Å²) in [6, 6.07) is 0. The van der Waals surface area contributed by atoms with Gasteiger partial charge in [0.05, 0.1) is 12.9 Å². The number of hydrogen-bond donors (Lipinski definition) is 5. The highest BCUT2D eigenvalue weighted by Gasteiger charge is 2.45. The Hall–Kier alpha value is -1.66. The molecule has 1 saturated heterocycles. The van der Waals surface area contributed by atoms with Gasteiger partial charge in [0.1, 0.15) is 30.2 Å². The molecule has 0 radical (unpaired) electrons. The molecular formula is C10H13N4O8P. The number of rotatable bonds is 5. The number of phosphoric acid groups is 1. The lowest BCUT2D eigenvalue weighted by Crippen LogP contribution is -2.36. The average Bonchev–Trinajstić information content (AvgIpc) is 3.05. The van der Waals surface area contributed by atoms with E-state index in [2.05, 4.69) is 24.5 Å². The Labute approximate surface area is 128 Å². The minimum absolute atomic E-state index is 0.0420. The van der Waals surface area contributed by atoms with Crippen molar-refractivity contribution in [1.82, 2.24) is 19.9 Å². The summed E-state index contributed by atoms with van der Waals surface area (Å²) in [6.45, 7) is -0.619. The molecule has 12 nitrogen and oxygen atoms in total. The van der Waals surface area contributed by atoms with Crippen LogP contribution in [0.1, 0.15) is 0 Å². The molecule has 1 aliphatic heterocycles. The summed E-state index contributed by atoms with van der Waals surface area (Å²) in [5, 5.41) is 19.8. The van der Waals surface area contributed by atoms with E-state index in [9.17, 15) is 14.8 Å². The summed E-state index contributed by atoms with van der Waals surface area (Å²) >= 11 is 0. The number of aliphatic hydroxyl groups is 2. The van der Waals surface area contributed by atoms with E-state index in [1.54, 1.807) is 0 Å². The first-order valence-electron chi connectivity index (χ1n) is 6.37. The zero-order valence-corrected chi connectivity index (χ0v) is 12.3. The summed E-state index contributed by atoms with van der Waals surface area (Å²) in [5.41, 5.74) is 0.706. The van der Waals surface area contributed by atoms with Gasteiger partial charge in [0, 0.05) is 0 Å². The molecule has 1 aliphatic rings. The third-order valence-electron chi connectivity index (χ3n) is 3.14. The fourth-order valence-corrected chi connectivity index (χ4v) is 2.40.